The molecule has 0 aliphatic heterocycles. The highest BCUT2D eigenvalue weighted by atomic mass is 127. The Morgan fingerprint density at radius 1 is 1.24 bits per heavy atom. The van der Waals surface area contributed by atoms with E-state index in [1.807, 2.05) is 25.1 Å². The molecule has 0 spiro atoms. The second kappa shape index (κ2) is 5.31. The van der Waals surface area contributed by atoms with Gasteiger partial charge in [0.15, 0.2) is 11.5 Å². The van der Waals surface area contributed by atoms with E-state index in [0.717, 1.165) is 9.13 Å². The van der Waals surface area contributed by atoms with Gasteiger partial charge in [0.2, 0.25) is 5.88 Å². The number of nitrogens with zero attached hydrogens (tertiary/aromatic N) is 2. The second-order valence-electron chi connectivity index (χ2n) is 3.43. The summed E-state index contributed by atoms with van der Waals surface area (Å²) in [5.41, 5.74) is 1.12. The molecule has 0 amide bonds. The fraction of sp³-hybridized carbons (Fsp3) is 0.167. The molecule has 4 nitrogen and oxygen atoms in total. The molecule has 1 heterocycles. The Balaban J connectivity index is 2.33. The molecule has 17 heavy (non-hydrogen) atoms. The lowest BCUT2D eigenvalue weighted by Gasteiger charge is -2.10. The predicted octanol–water partition coefficient (Wildman–Crippen LogP) is 3.19. The molecule has 2 rings (SSSR count). The molecule has 5 heteroatoms. The van der Waals surface area contributed by atoms with Gasteiger partial charge in [-0.15, -0.1) is 0 Å². The summed E-state index contributed by atoms with van der Waals surface area (Å²) in [6, 6.07) is 5.75. The van der Waals surface area contributed by atoms with E-state index >= 15 is 0 Å². The van der Waals surface area contributed by atoms with Crippen LogP contribution in [0.1, 0.15) is 5.56 Å². The van der Waals surface area contributed by atoms with Gasteiger partial charge in [0.1, 0.15) is 6.33 Å². The zero-order valence-electron chi connectivity index (χ0n) is 9.48. The minimum atomic E-state index is 0.530. The average molecular weight is 342 g/mol. The summed E-state index contributed by atoms with van der Waals surface area (Å²) >= 11 is 2.13. The fourth-order valence-electron chi connectivity index (χ4n) is 1.34. The molecule has 0 fully saturated rings. The van der Waals surface area contributed by atoms with E-state index in [0.29, 0.717) is 17.4 Å². The number of methoxy groups -OCH3 is 1. The van der Waals surface area contributed by atoms with Gasteiger partial charge < -0.3 is 9.47 Å². The zero-order chi connectivity index (χ0) is 12.3. The van der Waals surface area contributed by atoms with Crippen molar-refractivity contribution < 1.29 is 9.47 Å². The Labute approximate surface area is 113 Å². The van der Waals surface area contributed by atoms with Crippen molar-refractivity contribution in [3.8, 4) is 17.4 Å². The Kier molecular flexibility index (Phi) is 3.78. The van der Waals surface area contributed by atoms with Crippen molar-refractivity contribution in [1.29, 1.82) is 0 Å². The quantitative estimate of drug-likeness (QED) is 0.804. The van der Waals surface area contributed by atoms with E-state index in [2.05, 4.69) is 32.6 Å². The first-order valence-electron chi connectivity index (χ1n) is 4.98. The van der Waals surface area contributed by atoms with Crippen molar-refractivity contribution in [2.24, 2.45) is 0 Å². The van der Waals surface area contributed by atoms with Gasteiger partial charge in [-0.05, 0) is 47.2 Å². The fourth-order valence-corrected chi connectivity index (χ4v) is 1.75. The minimum absolute atomic E-state index is 0.530. The molecule has 0 atom stereocenters. The molecule has 0 N–H and O–H groups in total. The summed E-state index contributed by atoms with van der Waals surface area (Å²) in [7, 11) is 1.62. The third-order valence-corrected chi connectivity index (χ3v) is 2.90. The van der Waals surface area contributed by atoms with Crippen molar-refractivity contribution >= 4 is 22.6 Å². The number of hydrogen-bond donors (Lipinski definition) is 0. The third-order valence-electron chi connectivity index (χ3n) is 2.16. The molecular formula is C12H11IN2O2. The summed E-state index contributed by atoms with van der Waals surface area (Å²) < 4.78 is 11.8. The molecule has 1 aromatic heterocycles. The van der Waals surface area contributed by atoms with E-state index in [4.69, 9.17) is 9.47 Å². The highest BCUT2D eigenvalue weighted by molar-refractivity contribution is 14.1. The van der Waals surface area contributed by atoms with Crippen LogP contribution in [0.2, 0.25) is 0 Å². The maximum absolute atomic E-state index is 5.70. The van der Waals surface area contributed by atoms with Crippen LogP contribution in [-0.4, -0.2) is 17.1 Å². The van der Waals surface area contributed by atoms with Gasteiger partial charge in [-0.3, -0.25) is 0 Å². The first-order chi connectivity index (χ1) is 8.20. The second-order valence-corrected chi connectivity index (χ2v) is 4.59. The van der Waals surface area contributed by atoms with Crippen LogP contribution in [0.3, 0.4) is 0 Å². The lowest BCUT2D eigenvalue weighted by molar-refractivity contribution is 0.372. The van der Waals surface area contributed by atoms with Crippen LogP contribution < -0.4 is 9.47 Å². The molecule has 2 aromatic rings. The summed E-state index contributed by atoms with van der Waals surface area (Å²) in [5, 5.41) is 0. The van der Waals surface area contributed by atoms with Crippen LogP contribution in [-0.2, 0) is 0 Å². The van der Waals surface area contributed by atoms with E-state index in [9.17, 15) is 0 Å². The number of rotatable bonds is 3. The van der Waals surface area contributed by atoms with Gasteiger partial charge >= 0.3 is 0 Å². The summed E-state index contributed by atoms with van der Waals surface area (Å²) in [5.74, 6) is 1.87. The molecule has 0 saturated carbocycles. The number of halogens is 1. The Hall–Kier alpha value is -1.37. The van der Waals surface area contributed by atoms with Crippen molar-refractivity contribution in [3.63, 3.8) is 0 Å². The third kappa shape index (κ3) is 2.85. The molecule has 1 aromatic carbocycles. The van der Waals surface area contributed by atoms with E-state index in [1.54, 1.807) is 13.3 Å². The minimum Gasteiger partial charge on any atom is -0.493 e. The number of benzene rings is 1. The Morgan fingerprint density at radius 3 is 2.76 bits per heavy atom. The largest absolute Gasteiger partial charge is 0.493 e. The monoisotopic (exact) mass is 342 g/mol. The van der Waals surface area contributed by atoms with Gasteiger partial charge in [-0.2, -0.15) is 0 Å². The van der Waals surface area contributed by atoms with Crippen LogP contribution in [0.25, 0.3) is 0 Å². The first-order valence-corrected chi connectivity index (χ1v) is 6.06. The molecule has 88 valence electrons. The van der Waals surface area contributed by atoms with Crippen molar-refractivity contribution in [3.05, 3.63) is 39.9 Å². The van der Waals surface area contributed by atoms with Gasteiger partial charge in [0.05, 0.1) is 10.7 Å². The number of ether oxygens (including phenoxy) is 2. The zero-order valence-corrected chi connectivity index (χ0v) is 11.6. The topological polar surface area (TPSA) is 44.2 Å². The normalized spacial score (nSPS) is 10.1. The molecule has 0 radical (unpaired) electrons. The van der Waals surface area contributed by atoms with E-state index in [1.165, 1.54) is 6.33 Å². The summed E-state index contributed by atoms with van der Waals surface area (Å²) in [6.45, 7) is 2.00. The van der Waals surface area contributed by atoms with Crippen LogP contribution in [0, 0.1) is 10.5 Å². The van der Waals surface area contributed by atoms with E-state index < -0.39 is 0 Å². The molecular weight excluding hydrogens is 331 g/mol. The molecule has 0 saturated heterocycles. The van der Waals surface area contributed by atoms with Crippen LogP contribution >= 0.6 is 22.6 Å². The van der Waals surface area contributed by atoms with Gasteiger partial charge in [-0.1, -0.05) is 6.07 Å². The SMILES string of the molecule is COc1cc(C)ccc1Oc1ncncc1I. The average Bonchev–Trinajstić information content (AvgIpc) is 2.34. The Morgan fingerprint density at radius 2 is 2.06 bits per heavy atom. The molecule has 0 aliphatic carbocycles. The summed E-state index contributed by atoms with van der Waals surface area (Å²) in [4.78, 5) is 7.99. The lowest BCUT2D eigenvalue weighted by atomic mass is 10.2. The first kappa shape index (κ1) is 12.1. The lowest BCUT2D eigenvalue weighted by Crippen LogP contribution is -1.95. The Bertz CT molecular complexity index is 532. The predicted molar refractivity (Wildman–Crippen MR) is 72.6 cm³/mol. The number of hydrogen-bond acceptors (Lipinski definition) is 4. The van der Waals surface area contributed by atoms with Crippen molar-refractivity contribution in [1.82, 2.24) is 9.97 Å². The maximum Gasteiger partial charge on any atom is 0.235 e. The summed E-state index contributed by atoms with van der Waals surface area (Å²) in [6.07, 6.45) is 3.15. The van der Waals surface area contributed by atoms with Gasteiger partial charge in [-0.25, -0.2) is 9.97 Å². The standard InChI is InChI=1S/C12H11IN2O2/c1-8-3-4-10(11(5-8)16-2)17-12-9(13)6-14-7-15-12/h3-7H,1-2H3. The van der Waals surface area contributed by atoms with Gasteiger partial charge in [0.25, 0.3) is 0 Å². The number of aromatic nitrogens is 2. The highest BCUT2D eigenvalue weighted by Crippen LogP contribution is 2.32. The van der Waals surface area contributed by atoms with Gasteiger partial charge in [0, 0.05) is 6.20 Å². The van der Waals surface area contributed by atoms with Crippen LogP contribution in [0.5, 0.6) is 17.4 Å². The van der Waals surface area contributed by atoms with Crippen LogP contribution in [0.15, 0.2) is 30.7 Å². The molecule has 0 unspecified atom stereocenters. The molecule has 0 bridgehead atoms. The maximum atomic E-state index is 5.70. The van der Waals surface area contributed by atoms with Crippen molar-refractivity contribution in [2.45, 2.75) is 6.92 Å². The van der Waals surface area contributed by atoms with Crippen LogP contribution in [0.4, 0.5) is 0 Å². The highest BCUT2D eigenvalue weighted by Gasteiger charge is 2.08. The number of aryl methyl sites for hydroxylation is 1. The van der Waals surface area contributed by atoms with E-state index in [-0.39, 0.29) is 0 Å². The van der Waals surface area contributed by atoms with Crippen molar-refractivity contribution in [2.75, 3.05) is 7.11 Å². The molecule has 0 aliphatic rings. The smallest absolute Gasteiger partial charge is 0.235 e.